The molecule has 2 unspecified atom stereocenters. The van der Waals surface area contributed by atoms with Crippen molar-refractivity contribution in [1.29, 1.82) is 0 Å². The molecule has 2 atom stereocenters. The number of fused-ring (bicyclic) bond motifs is 3. The molecule has 2 heteroatoms. The number of allylic oxidation sites excluding steroid dienone is 20. The summed E-state index contributed by atoms with van der Waals surface area (Å²) < 4.78 is 2.38. The fourth-order valence-electron chi connectivity index (χ4n) is 5.76. The van der Waals surface area contributed by atoms with E-state index in [4.69, 9.17) is 6.58 Å². The lowest BCUT2D eigenvalue weighted by Crippen LogP contribution is -2.30. The van der Waals surface area contributed by atoms with E-state index >= 15 is 0 Å². The first-order valence-corrected chi connectivity index (χ1v) is 14.6. The van der Waals surface area contributed by atoms with Crippen LogP contribution in [0.15, 0.2) is 154 Å². The van der Waals surface area contributed by atoms with E-state index in [0.717, 1.165) is 14.7 Å². The molecule has 0 amide bonds. The van der Waals surface area contributed by atoms with Crippen LogP contribution in [0.2, 0.25) is 0 Å². The van der Waals surface area contributed by atoms with E-state index in [0.29, 0.717) is 0 Å². The van der Waals surface area contributed by atoms with Crippen LogP contribution in [0.25, 0.3) is 5.57 Å². The Morgan fingerprint density at radius 2 is 1.73 bits per heavy atom. The van der Waals surface area contributed by atoms with E-state index in [1.54, 1.807) is 0 Å². The maximum absolute atomic E-state index is 4.69. The molecular weight excluding hydrogens is 674 g/mol. The van der Waals surface area contributed by atoms with Gasteiger partial charge in [-0.2, -0.15) is 0 Å². The third kappa shape index (κ3) is 4.46. The summed E-state index contributed by atoms with van der Waals surface area (Å²) in [6, 6.07) is 6.63. The van der Waals surface area contributed by atoms with Gasteiger partial charge < -0.3 is 0 Å². The molecule has 0 fully saturated rings. The third-order valence-electron chi connectivity index (χ3n) is 7.21. The van der Waals surface area contributed by atoms with Crippen LogP contribution < -0.4 is 0 Å². The molecule has 0 aromatic heterocycles. The van der Waals surface area contributed by atoms with Gasteiger partial charge in [-0.3, -0.25) is 0 Å². The van der Waals surface area contributed by atoms with Crippen LogP contribution >= 0.6 is 45.2 Å². The Labute approximate surface area is 249 Å². The molecule has 0 heterocycles. The lowest BCUT2D eigenvalue weighted by atomic mass is 9.65. The van der Waals surface area contributed by atoms with Crippen molar-refractivity contribution in [3.8, 4) is 0 Å². The SMILES string of the molecule is C=C/C=C\C1=C(C)C2=C(C(=C)/C=C\C(C)/C=C\C(=C)/C=C\2I)C12C(/C=C\C)=C(C=C)c1c(I)cccc12. The molecule has 1 aromatic carbocycles. The van der Waals surface area contributed by atoms with Gasteiger partial charge in [0.1, 0.15) is 0 Å². The van der Waals surface area contributed by atoms with E-state index < -0.39 is 5.41 Å². The molecule has 0 bridgehead atoms. The smallest absolute Gasteiger partial charge is 0.0728 e. The van der Waals surface area contributed by atoms with E-state index in [1.165, 1.54) is 48.1 Å². The van der Waals surface area contributed by atoms with Crippen LogP contribution in [0.4, 0.5) is 0 Å². The van der Waals surface area contributed by atoms with Gasteiger partial charge >= 0.3 is 0 Å². The number of benzene rings is 1. The maximum atomic E-state index is 4.69. The maximum Gasteiger partial charge on any atom is 0.0728 e. The lowest BCUT2D eigenvalue weighted by molar-refractivity contribution is 0.762. The summed E-state index contributed by atoms with van der Waals surface area (Å²) in [5.74, 6) is 0.263. The first-order valence-electron chi connectivity index (χ1n) is 12.4. The quantitative estimate of drug-likeness (QED) is 0.216. The molecule has 0 saturated heterocycles. The van der Waals surface area contributed by atoms with E-state index in [1.807, 2.05) is 12.2 Å². The summed E-state index contributed by atoms with van der Waals surface area (Å²) in [6.07, 6.45) is 23.5. The standard InChI is InChI=1S/C35H32I2/c1-8-11-14-27-25(7)32-31(37)21-23(5)18-17-22(4)19-20-24(6)34(32)35(27)28(13-9-2)26(10-3)33-29(35)15-12-16-30(33)36/h8-22H,1,3,5-6H2,2,4,7H3/b13-9-,14-11-,18-17-,20-19-,31-21+. The monoisotopic (exact) mass is 706 g/mol. The van der Waals surface area contributed by atoms with Gasteiger partial charge in [-0.1, -0.05) is 106 Å². The minimum absolute atomic E-state index is 0.263. The molecule has 1 aromatic rings. The van der Waals surface area contributed by atoms with Gasteiger partial charge in [0.25, 0.3) is 0 Å². The molecule has 0 saturated carbocycles. The zero-order chi connectivity index (χ0) is 26.9. The normalized spacial score (nSPS) is 27.1. The first-order chi connectivity index (χ1) is 17.7. The highest BCUT2D eigenvalue weighted by molar-refractivity contribution is 14.1. The molecule has 3 aliphatic rings. The van der Waals surface area contributed by atoms with E-state index in [9.17, 15) is 0 Å². The molecule has 0 N–H and O–H groups in total. The third-order valence-corrected chi connectivity index (χ3v) is 8.96. The Morgan fingerprint density at radius 3 is 2.41 bits per heavy atom. The van der Waals surface area contributed by atoms with Gasteiger partial charge in [0, 0.05) is 12.7 Å². The predicted octanol–water partition coefficient (Wildman–Crippen LogP) is 10.6. The highest BCUT2D eigenvalue weighted by Gasteiger charge is 2.54. The number of hydrogen-bond donors (Lipinski definition) is 0. The van der Waals surface area contributed by atoms with Crippen molar-refractivity contribution in [2.45, 2.75) is 26.2 Å². The Morgan fingerprint density at radius 1 is 1.00 bits per heavy atom. The Bertz CT molecular complexity index is 1470. The average Bonchev–Trinajstić information content (AvgIpc) is 3.29. The lowest BCUT2D eigenvalue weighted by Gasteiger charge is -2.35. The molecule has 186 valence electrons. The van der Waals surface area contributed by atoms with Gasteiger partial charge in [0.2, 0.25) is 0 Å². The minimum atomic E-state index is -0.525. The molecule has 3 aliphatic carbocycles. The zero-order valence-electron chi connectivity index (χ0n) is 21.7. The van der Waals surface area contributed by atoms with Gasteiger partial charge in [-0.15, -0.1) is 0 Å². The summed E-state index contributed by atoms with van der Waals surface area (Å²) in [7, 11) is 0. The summed E-state index contributed by atoms with van der Waals surface area (Å²) in [5.41, 5.74) is 11.3. The van der Waals surface area contributed by atoms with Crippen LogP contribution in [0, 0.1) is 9.49 Å². The van der Waals surface area contributed by atoms with Gasteiger partial charge in [-0.25, -0.2) is 0 Å². The van der Waals surface area contributed by atoms with Gasteiger partial charge in [0.15, 0.2) is 0 Å². The summed E-state index contributed by atoms with van der Waals surface area (Å²) >= 11 is 4.95. The molecule has 4 rings (SSSR count). The van der Waals surface area contributed by atoms with Crippen molar-refractivity contribution in [3.63, 3.8) is 0 Å². The second-order valence-electron chi connectivity index (χ2n) is 9.50. The Hall–Kier alpha value is -2.44. The largest absolute Gasteiger partial charge is 0.0991 e. The Kier molecular flexibility index (Phi) is 8.29. The van der Waals surface area contributed by atoms with Crippen molar-refractivity contribution in [3.05, 3.63) is 169 Å². The molecule has 0 aliphatic heterocycles. The molecule has 37 heavy (non-hydrogen) atoms. The van der Waals surface area contributed by atoms with Gasteiger partial charge in [0.05, 0.1) is 5.41 Å². The number of hydrogen-bond acceptors (Lipinski definition) is 0. The second-order valence-corrected chi connectivity index (χ2v) is 11.8. The zero-order valence-corrected chi connectivity index (χ0v) is 26.1. The van der Waals surface area contributed by atoms with Crippen LogP contribution in [0.3, 0.4) is 0 Å². The Balaban J connectivity index is 2.28. The summed E-state index contributed by atoms with van der Waals surface area (Å²) in [4.78, 5) is 0. The van der Waals surface area contributed by atoms with E-state index in [2.05, 4.69) is 159 Å². The minimum Gasteiger partial charge on any atom is -0.0991 e. The van der Waals surface area contributed by atoms with Crippen LogP contribution in [-0.4, -0.2) is 0 Å². The molecular formula is C35H32I2. The first kappa shape index (κ1) is 27.6. The predicted molar refractivity (Wildman–Crippen MR) is 180 cm³/mol. The van der Waals surface area contributed by atoms with Crippen LogP contribution in [0.1, 0.15) is 31.9 Å². The fourth-order valence-corrected chi connectivity index (χ4v) is 7.62. The number of halogens is 2. The van der Waals surface area contributed by atoms with Crippen molar-refractivity contribution in [2.24, 2.45) is 5.92 Å². The second kappa shape index (κ2) is 11.1. The van der Waals surface area contributed by atoms with E-state index in [-0.39, 0.29) is 5.92 Å². The van der Waals surface area contributed by atoms with Crippen molar-refractivity contribution in [1.82, 2.24) is 0 Å². The van der Waals surface area contributed by atoms with Crippen molar-refractivity contribution < 1.29 is 0 Å². The molecule has 1 spiro atoms. The van der Waals surface area contributed by atoms with Crippen LogP contribution in [0.5, 0.6) is 0 Å². The summed E-state index contributed by atoms with van der Waals surface area (Å²) in [5, 5.41) is 0. The van der Waals surface area contributed by atoms with Crippen molar-refractivity contribution in [2.75, 3.05) is 0 Å². The fraction of sp³-hybridized carbons (Fsp3) is 0.143. The molecule has 0 nitrogen and oxygen atoms in total. The van der Waals surface area contributed by atoms with Crippen LogP contribution in [-0.2, 0) is 5.41 Å². The van der Waals surface area contributed by atoms with Crippen molar-refractivity contribution >= 4 is 50.8 Å². The topological polar surface area (TPSA) is 0 Å². The highest BCUT2D eigenvalue weighted by atomic mass is 127. The molecule has 0 radical (unpaired) electrons. The number of rotatable bonds is 4. The average molecular weight is 706 g/mol. The highest BCUT2D eigenvalue weighted by Crippen LogP contribution is 2.64. The van der Waals surface area contributed by atoms with Gasteiger partial charge in [-0.05, 0) is 127 Å². The summed E-state index contributed by atoms with van der Waals surface area (Å²) in [6.45, 7) is 23.8.